The van der Waals surface area contributed by atoms with E-state index in [9.17, 15) is 4.39 Å². The predicted molar refractivity (Wildman–Crippen MR) is 80.4 cm³/mol. The number of rotatable bonds is 4. The third kappa shape index (κ3) is 2.46. The van der Waals surface area contributed by atoms with Gasteiger partial charge in [0.1, 0.15) is 5.82 Å². The second-order valence-electron chi connectivity index (χ2n) is 5.25. The summed E-state index contributed by atoms with van der Waals surface area (Å²) in [5.74, 6) is -0.149. The van der Waals surface area contributed by atoms with Gasteiger partial charge in [0.15, 0.2) is 0 Å². The molecule has 0 amide bonds. The van der Waals surface area contributed by atoms with Gasteiger partial charge in [0.2, 0.25) is 0 Å². The zero-order valence-corrected chi connectivity index (χ0v) is 12.4. The molecule has 1 aliphatic rings. The van der Waals surface area contributed by atoms with E-state index in [1.165, 1.54) is 6.07 Å². The molecule has 1 atom stereocenters. The fourth-order valence-electron chi connectivity index (χ4n) is 2.80. The lowest BCUT2D eigenvalue weighted by Crippen LogP contribution is -2.31. The van der Waals surface area contributed by atoms with Crippen LogP contribution in [0.25, 0.3) is 10.1 Å². The van der Waals surface area contributed by atoms with Crippen molar-refractivity contribution in [2.24, 2.45) is 5.73 Å². The molecule has 3 nitrogen and oxygen atoms in total. The van der Waals surface area contributed by atoms with Crippen LogP contribution in [-0.2, 0) is 17.8 Å². The summed E-state index contributed by atoms with van der Waals surface area (Å²) in [7, 11) is 2.07. The van der Waals surface area contributed by atoms with Crippen LogP contribution in [-0.4, -0.2) is 31.2 Å². The third-order valence-corrected chi connectivity index (χ3v) is 5.19. The first-order valence-corrected chi connectivity index (χ1v) is 7.69. The maximum atomic E-state index is 14.1. The minimum atomic E-state index is -0.149. The Morgan fingerprint density at radius 1 is 1.50 bits per heavy atom. The summed E-state index contributed by atoms with van der Waals surface area (Å²) in [6.07, 6.45) is 1.04. The van der Waals surface area contributed by atoms with Crippen molar-refractivity contribution in [3.05, 3.63) is 34.5 Å². The fraction of sp³-hybridized carbons (Fsp3) is 0.467. The van der Waals surface area contributed by atoms with Crippen LogP contribution >= 0.6 is 11.3 Å². The summed E-state index contributed by atoms with van der Waals surface area (Å²) in [6, 6.07) is 5.66. The molecular formula is C15H19FN2OS. The Hall–Kier alpha value is -1.01. The molecule has 3 rings (SSSR count). The normalized spacial score (nSPS) is 19.3. The number of halogens is 1. The Balaban J connectivity index is 1.96. The molecule has 1 aromatic heterocycles. The van der Waals surface area contributed by atoms with Crippen LogP contribution in [0.4, 0.5) is 4.39 Å². The Morgan fingerprint density at radius 2 is 2.35 bits per heavy atom. The lowest BCUT2D eigenvalue weighted by Gasteiger charge is -2.23. The smallest absolute Gasteiger partial charge is 0.132 e. The lowest BCUT2D eigenvalue weighted by atomic mass is 10.1. The van der Waals surface area contributed by atoms with Crippen molar-refractivity contribution in [2.75, 3.05) is 20.3 Å². The van der Waals surface area contributed by atoms with Gasteiger partial charge in [-0.05, 0) is 31.2 Å². The second kappa shape index (κ2) is 5.77. The molecule has 2 N–H and O–H groups in total. The first-order valence-electron chi connectivity index (χ1n) is 6.87. The Kier molecular flexibility index (Phi) is 4.03. The van der Waals surface area contributed by atoms with Gasteiger partial charge in [-0.25, -0.2) is 4.39 Å². The average Bonchev–Trinajstić information content (AvgIpc) is 3.07. The van der Waals surface area contributed by atoms with Crippen LogP contribution in [0.1, 0.15) is 16.9 Å². The van der Waals surface area contributed by atoms with Gasteiger partial charge in [0.25, 0.3) is 0 Å². The highest BCUT2D eigenvalue weighted by atomic mass is 32.1. The Labute approximate surface area is 122 Å². The van der Waals surface area contributed by atoms with Gasteiger partial charge >= 0.3 is 0 Å². The first-order chi connectivity index (χ1) is 9.70. The van der Waals surface area contributed by atoms with E-state index in [4.69, 9.17) is 10.5 Å². The third-order valence-electron chi connectivity index (χ3n) is 3.97. The van der Waals surface area contributed by atoms with E-state index in [2.05, 4.69) is 11.9 Å². The molecular weight excluding hydrogens is 275 g/mol. The molecule has 20 heavy (non-hydrogen) atoms. The fourth-order valence-corrected chi connectivity index (χ4v) is 3.90. The topological polar surface area (TPSA) is 38.5 Å². The van der Waals surface area contributed by atoms with Crippen molar-refractivity contribution in [3.8, 4) is 0 Å². The first kappa shape index (κ1) is 13.9. The molecule has 0 radical (unpaired) electrons. The van der Waals surface area contributed by atoms with Crippen molar-refractivity contribution >= 4 is 21.4 Å². The lowest BCUT2D eigenvalue weighted by molar-refractivity contribution is 0.156. The molecule has 0 saturated carbocycles. The molecule has 0 aliphatic carbocycles. The minimum absolute atomic E-state index is 0.149. The van der Waals surface area contributed by atoms with E-state index in [1.54, 1.807) is 17.4 Å². The number of nitrogens with two attached hydrogens (primary N) is 1. The van der Waals surface area contributed by atoms with Gasteiger partial charge in [0.05, 0.1) is 6.61 Å². The number of fused-ring (bicyclic) bond motifs is 1. The van der Waals surface area contributed by atoms with Crippen LogP contribution < -0.4 is 5.73 Å². The molecule has 2 heterocycles. The van der Waals surface area contributed by atoms with Gasteiger partial charge in [-0.3, -0.25) is 4.90 Å². The van der Waals surface area contributed by atoms with Gasteiger partial charge in [-0.1, -0.05) is 6.07 Å². The highest BCUT2D eigenvalue weighted by Crippen LogP contribution is 2.34. The van der Waals surface area contributed by atoms with Crippen LogP contribution in [0.2, 0.25) is 0 Å². The molecule has 1 fully saturated rings. The van der Waals surface area contributed by atoms with E-state index in [-0.39, 0.29) is 5.82 Å². The summed E-state index contributed by atoms with van der Waals surface area (Å²) in [5, 5.41) is 0.740. The summed E-state index contributed by atoms with van der Waals surface area (Å²) >= 11 is 1.60. The zero-order chi connectivity index (χ0) is 14.1. The molecule has 5 heteroatoms. The van der Waals surface area contributed by atoms with E-state index >= 15 is 0 Å². The molecule has 0 spiro atoms. The molecule has 0 bridgehead atoms. The van der Waals surface area contributed by atoms with Gasteiger partial charge < -0.3 is 10.5 Å². The Bertz CT molecular complexity index is 607. The minimum Gasteiger partial charge on any atom is -0.380 e. The number of thiophene rings is 1. The SMILES string of the molecule is CN(Cc1c(CN)sc2cccc(F)c12)C1CCOC1. The Morgan fingerprint density at radius 3 is 3.05 bits per heavy atom. The molecule has 1 aromatic carbocycles. The van der Waals surface area contributed by atoms with Gasteiger partial charge in [0, 0.05) is 40.7 Å². The highest BCUT2D eigenvalue weighted by Gasteiger charge is 2.23. The van der Waals surface area contributed by atoms with E-state index in [1.807, 2.05) is 6.07 Å². The molecule has 2 aromatic rings. The van der Waals surface area contributed by atoms with E-state index in [0.29, 0.717) is 12.6 Å². The van der Waals surface area contributed by atoms with E-state index < -0.39 is 0 Å². The van der Waals surface area contributed by atoms with Crippen LogP contribution in [0.3, 0.4) is 0 Å². The molecule has 1 unspecified atom stereocenters. The van der Waals surface area contributed by atoms with Crippen molar-refractivity contribution in [3.63, 3.8) is 0 Å². The van der Waals surface area contributed by atoms with Gasteiger partial charge in [-0.2, -0.15) is 0 Å². The van der Waals surface area contributed by atoms with Crippen LogP contribution in [0, 0.1) is 5.82 Å². The largest absolute Gasteiger partial charge is 0.380 e. The van der Waals surface area contributed by atoms with Crippen molar-refractivity contribution in [1.82, 2.24) is 4.90 Å². The quantitative estimate of drug-likeness (QED) is 0.942. The second-order valence-corrected chi connectivity index (χ2v) is 6.39. The summed E-state index contributed by atoms with van der Waals surface area (Å²) in [4.78, 5) is 3.33. The van der Waals surface area contributed by atoms with E-state index in [0.717, 1.165) is 46.7 Å². The maximum absolute atomic E-state index is 14.1. The summed E-state index contributed by atoms with van der Waals surface area (Å²) < 4.78 is 20.6. The zero-order valence-electron chi connectivity index (χ0n) is 11.6. The molecule has 1 saturated heterocycles. The average molecular weight is 294 g/mol. The number of hydrogen-bond acceptors (Lipinski definition) is 4. The standard InChI is InChI=1S/C15H19FN2OS/c1-18(10-5-6-19-9-10)8-11-14(7-17)20-13-4-2-3-12(16)15(11)13/h2-4,10H,5-9,17H2,1H3. The van der Waals surface area contributed by atoms with Crippen LogP contribution in [0.5, 0.6) is 0 Å². The monoisotopic (exact) mass is 294 g/mol. The maximum Gasteiger partial charge on any atom is 0.132 e. The van der Waals surface area contributed by atoms with Gasteiger partial charge in [-0.15, -0.1) is 11.3 Å². The number of hydrogen-bond donors (Lipinski definition) is 1. The summed E-state index contributed by atoms with van der Waals surface area (Å²) in [5.41, 5.74) is 6.88. The number of likely N-dealkylation sites (N-methyl/N-ethyl adjacent to an activating group) is 1. The predicted octanol–water partition coefficient (Wildman–Crippen LogP) is 2.72. The van der Waals surface area contributed by atoms with Crippen molar-refractivity contribution in [1.29, 1.82) is 0 Å². The van der Waals surface area contributed by atoms with Crippen molar-refractivity contribution < 1.29 is 9.13 Å². The molecule has 1 aliphatic heterocycles. The number of ether oxygens (including phenoxy) is 1. The van der Waals surface area contributed by atoms with Crippen molar-refractivity contribution in [2.45, 2.75) is 25.6 Å². The highest BCUT2D eigenvalue weighted by molar-refractivity contribution is 7.19. The molecule has 108 valence electrons. The number of benzene rings is 1. The number of nitrogens with zero attached hydrogens (tertiary/aromatic N) is 1. The van der Waals surface area contributed by atoms with Crippen LogP contribution in [0.15, 0.2) is 18.2 Å². The summed E-state index contributed by atoms with van der Waals surface area (Å²) in [6.45, 7) is 2.77.